The molecule has 0 aliphatic carbocycles. The highest BCUT2D eigenvalue weighted by Crippen LogP contribution is 2.22. The number of hydrogen-bond donors (Lipinski definition) is 0. The molecule has 0 atom stereocenters. The Kier molecular flexibility index (Phi) is 5.88. The molecule has 1 aliphatic rings. The van der Waals surface area contributed by atoms with Gasteiger partial charge in [0, 0.05) is 37.2 Å². The molecule has 144 valence electrons. The van der Waals surface area contributed by atoms with Gasteiger partial charge in [-0.1, -0.05) is 12.1 Å². The summed E-state index contributed by atoms with van der Waals surface area (Å²) in [6, 6.07) is 14.9. The quantitative estimate of drug-likeness (QED) is 0.377. The molecule has 0 N–H and O–H groups in total. The van der Waals surface area contributed by atoms with Crippen LogP contribution < -0.4 is 9.47 Å². The number of benzene rings is 2. The van der Waals surface area contributed by atoms with Crippen LogP contribution in [0.5, 0.6) is 0 Å². The Morgan fingerprint density at radius 2 is 1.74 bits per heavy atom. The second-order valence-corrected chi connectivity index (χ2v) is 7.73. The van der Waals surface area contributed by atoms with E-state index in [1.165, 1.54) is 16.7 Å². The van der Waals surface area contributed by atoms with Gasteiger partial charge in [0.25, 0.3) is 0 Å². The van der Waals surface area contributed by atoms with Gasteiger partial charge in [0.05, 0.1) is 23.3 Å². The molecule has 0 spiro atoms. The van der Waals surface area contributed by atoms with Crippen molar-refractivity contribution in [1.29, 1.82) is 0 Å². The minimum absolute atomic E-state index is 0.604. The van der Waals surface area contributed by atoms with E-state index >= 15 is 0 Å². The number of aryl methyl sites for hydroxylation is 1. The van der Waals surface area contributed by atoms with Crippen molar-refractivity contribution in [1.82, 2.24) is 4.98 Å². The molecular weight excluding hydrogens is 366 g/mol. The Hall–Kier alpha value is -2.29. The maximum atomic E-state index is 9.08. The van der Waals surface area contributed by atoms with Crippen LogP contribution in [-0.4, -0.2) is 50.5 Å². The summed E-state index contributed by atoms with van der Waals surface area (Å²) >= 11 is 0. The predicted molar refractivity (Wildman–Crippen MR) is 104 cm³/mol. The number of ether oxygens (including phenoxy) is 1. The van der Waals surface area contributed by atoms with Gasteiger partial charge in [0.1, 0.15) is 17.6 Å². The summed E-state index contributed by atoms with van der Waals surface area (Å²) in [5, 5.41) is 0. The Morgan fingerprint density at radius 1 is 1.11 bits per heavy atom. The van der Waals surface area contributed by atoms with Gasteiger partial charge in [0.2, 0.25) is 11.0 Å². The SMILES string of the molecule is CC[n+]1c2ccccc2nc2ccc(N3CCOCC3)cc21.CS(=O)(=O)[O-]. The molecule has 1 aliphatic heterocycles. The average molecular weight is 389 g/mol. The third kappa shape index (κ3) is 4.91. The molecule has 1 aromatic heterocycles. The van der Waals surface area contributed by atoms with Crippen LogP contribution in [0.15, 0.2) is 42.5 Å². The normalized spacial score (nSPS) is 14.9. The Bertz CT molecular complexity index is 1040. The van der Waals surface area contributed by atoms with Gasteiger partial charge in [-0.25, -0.2) is 13.4 Å². The number of nitrogens with zero attached hydrogens (tertiary/aromatic N) is 3. The predicted octanol–water partition coefficient (Wildman–Crippen LogP) is 1.69. The summed E-state index contributed by atoms with van der Waals surface area (Å²) in [6.45, 7) is 6.65. The molecule has 0 bridgehead atoms. The van der Waals surface area contributed by atoms with E-state index in [0.29, 0.717) is 6.26 Å². The first kappa shape index (κ1) is 19.5. The molecule has 0 amide bonds. The number of anilines is 1. The average Bonchev–Trinajstić information content (AvgIpc) is 2.65. The molecule has 0 saturated carbocycles. The highest BCUT2D eigenvalue weighted by atomic mass is 32.2. The highest BCUT2D eigenvalue weighted by Gasteiger charge is 2.18. The topological polar surface area (TPSA) is 86.4 Å². The summed E-state index contributed by atoms with van der Waals surface area (Å²) in [7, 11) is -3.92. The van der Waals surface area contributed by atoms with Crippen LogP contribution in [-0.2, 0) is 21.4 Å². The lowest BCUT2D eigenvalue weighted by Crippen LogP contribution is -2.37. The van der Waals surface area contributed by atoms with Crippen molar-refractivity contribution in [2.24, 2.45) is 0 Å². The fourth-order valence-corrected chi connectivity index (χ4v) is 3.23. The zero-order valence-electron chi connectivity index (χ0n) is 15.5. The van der Waals surface area contributed by atoms with E-state index in [4.69, 9.17) is 22.7 Å². The monoisotopic (exact) mass is 389 g/mol. The summed E-state index contributed by atoms with van der Waals surface area (Å²) in [5.41, 5.74) is 5.76. The lowest BCUT2D eigenvalue weighted by atomic mass is 10.2. The fourth-order valence-electron chi connectivity index (χ4n) is 3.23. The highest BCUT2D eigenvalue weighted by molar-refractivity contribution is 7.84. The van der Waals surface area contributed by atoms with Gasteiger partial charge in [-0.05, 0) is 25.1 Å². The van der Waals surface area contributed by atoms with Crippen molar-refractivity contribution in [3.05, 3.63) is 42.5 Å². The first-order chi connectivity index (χ1) is 12.9. The summed E-state index contributed by atoms with van der Waals surface area (Å²) in [4.78, 5) is 7.20. The molecule has 7 nitrogen and oxygen atoms in total. The standard InChI is InChI=1S/C18H20N3O.CH4O3S/c1-2-21-17-6-4-3-5-15(17)19-16-8-7-14(13-18(16)21)20-9-11-22-12-10-20;1-5(2,3)4/h3-8,13H,2,9-12H2,1H3;1H3,(H,2,3,4)/q+1;/p-1. The first-order valence-corrected chi connectivity index (χ1v) is 10.6. The van der Waals surface area contributed by atoms with E-state index in [1.54, 1.807) is 0 Å². The van der Waals surface area contributed by atoms with Crippen molar-refractivity contribution in [2.45, 2.75) is 13.5 Å². The number of para-hydroxylation sites is 2. The zero-order chi connectivity index (χ0) is 19.4. The van der Waals surface area contributed by atoms with Crippen LogP contribution in [0.2, 0.25) is 0 Å². The van der Waals surface area contributed by atoms with E-state index in [1.807, 2.05) is 6.07 Å². The van der Waals surface area contributed by atoms with Crippen molar-refractivity contribution in [3.63, 3.8) is 0 Å². The van der Waals surface area contributed by atoms with Crippen molar-refractivity contribution < 1.29 is 22.3 Å². The van der Waals surface area contributed by atoms with E-state index in [-0.39, 0.29) is 0 Å². The number of rotatable bonds is 2. The Labute approximate surface area is 159 Å². The van der Waals surface area contributed by atoms with E-state index in [9.17, 15) is 0 Å². The molecule has 3 aromatic rings. The maximum absolute atomic E-state index is 9.08. The lowest BCUT2D eigenvalue weighted by molar-refractivity contribution is -0.641. The molecule has 27 heavy (non-hydrogen) atoms. The van der Waals surface area contributed by atoms with Gasteiger partial charge in [-0.15, -0.1) is 0 Å². The largest absolute Gasteiger partial charge is 0.748 e. The van der Waals surface area contributed by atoms with Crippen molar-refractivity contribution >= 4 is 37.9 Å². The van der Waals surface area contributed by atoms with Crippen molar-refractivity contribution in [3.8, 4) is 0 Å². The van der Waals surface area contributed by atoms with Gasteiger partial charge in [-0.3, -0.25) is 0 Å². The zero-order valence-corrected chi connectivity index (χ0v) is 16.3. The molecule has 8 heteroatoms. The van der Waals surface area contributed by atoms with Crippen molar-refractivity contribution in [2.75, 3.05) is 37.5 Å². The van der Waals surface area contributed by atoms with E-state index in [2.05, 4.69) is 52.8 Å². The molecule has 1 fully saturated rings. The number of morpholine rings is 1. The lowest BCUT2D eigenvalue weighted by Gasteiger charge is -2.28. The summed E-state index contributed by atoms with van der Waals surface area (Å²) in [6.07, 6.45) is 0.604. The summed E-state index contributed by atoms with van der Waals surface area (Å²) < 4.78 is 35.0. The Balaban J connectivity index is 0.000000376. The molecule has 4 rings (SSSR count). The number of aromatic nitrogens is 2. The molecule has 2 aromatic carbocycles. The van der Waals surface area contributed by atoms with E-state index < -0.39 is 10.1 Å². The van der Waals surface area contributed by atoms with E-state index in [0.717, 1.165) is 43.9 Å². The van der Waals surface area contributed by atoms with Crippen LogP contribution in [0, 0.1) is 0 Å². The van der Waals surface area contributed by atoms with Gasteiger partial charge in [0.15, 0.2) is 0 Å². The van der Waals surface area contributed by atoms with Gasteiger partial charge in [-0.2, -0.15) is 4.57 Å². The van der Waals surface area contributed by atoms with Crippen LogP contribution in [0.3, 0.4) is 0 Å². The third-order valence-corrected chi connectivity index (χ3v) is 4.36. The van der Waals surface area contributed by atoms with Gasteiger partial charge >= 0.3 is 0 Å². The second-order valence-electron chi connectivity index (χ2n) is 6.32. The first-order valence-electron chi connectivity index (χ1n) is 8.82. The van der Waals surface area contributed by atoms with Gasteiger partial charge < -0.3 is 14.2 Å². The molecule has 0 radical (unpaired) electrons. The molecule has 2 heterocycles. The number of hydrogen-bond acceptors (Lipinski definition) is 6. The second kappa shape index (κ2) is 8.16. The summed E-state index contributed by atoms with van der Waals surface area (Å²) in [5.74, 6) is 0. The maximum Gasteiger partial charge on any atom is 0.233 e. The minimum Gasteiger partial charge on any atom is -0.748 e. The molecular formula is C19H23N3O4S. The van der Waals surface area contributed by atoms with Crippen LogP contribution >= 0.6 is 0 Å². The van der Waals surface area contributed by atoms with Crippen LogP contribution in [0.4, 0.5) is 5.69 Å². The number of fused-ring (bicyclic) bond motifs is 2. The fraction of sp³-hybridized carbons (Fsp3) is 0.368. The minimum atomic E-state index is -3.92. The molecule has 0 unspecified atom stereocenters. The smallest absolute Gasteiger partial charge is 0.233 e. The van der Waals surface area contributed by atoms with Crippen LogP contribution in [0.25, 0.3) is 22.1 Å². The third-order valence-electron chi connectivity index (χ3n) is 4.36. The molecule has 1 saturated heterocycles. The van der Waals surface area contributed by atoms with Crippen LogP contribution in [0.1, 0.15) is 6.92 Å². The Morgan fingerprint density at radius 3 is 2.41 bits per heavy atom.